The molecule has 0 unspecified atom stereocenters. The summed E-state index contributed by atoms with van der Waals surface area (Å²) in [5.41, 5.74) is 4.78. The summed E-state index contributed by atoms with van der Waals surface area (Å²) in [4.78, 5) is 17.6. The molecule has 3 aromatic carbocycles. The summed E-state index contributed by atoms with van der Waals surface area (Å²) in [6, 6.07) is 20.3. The zero-order chi connectivity index (χ0) is 27.7. The van der Waals surface area contributed by atoms with E-state index >= 15 is 0 Å². The Morgan fingerprint density at radius 1 is 0.974 bits per heavy atom. The summed E-state index contributed by atoms with van der Waals surface area (Å²) in [6.07, 6.45) is 1.70. The number of ether oxygens (including phenoxy) is 1. The molecular formula is C29H25ClN4O4S. The standard InChI is InChI=1S/C29H25ClN4O4S/c1-18-4-6-20(7-5-18)26-12-13-31-29-28(26)19(2)33-34(29)17-27(35)32-22-14-23(38-3)16-25(15-22)39(36,37)24-10-8-21(30)9-11-24/h4-16H,17H2,1-3H3,(H,32,35). The second-order valence-corrected chi connectivity index (χ2v) is 11.5. The van der Waals surface area contributed by atoms with Crippen molar-refractivity contribution in [3.8, 4) is 16.9 Å². The van der Waals surface area contributed by atoms with E-state index in [1.165, 1.54) is 43.5 Å². The summed E-state index contributed by atoms with van der Waals surface area (Å²) < 4.78 is 33.3. The van der Waals surface area contributed by atoms with Crippen LogP contribution in [-0.2, 0) is 21.2 Å². The van der Waals surface area contributed by atoms with Gasteiger partial charge in [0.25, 0.3) is 0 Å². The number of amides is 1. The molecule has 0 saturated heterocycles. The van der Waals surface area contributed by atoms with E-state index in [1.807, 2.05) is 44.2 Å². The van der Waals surface area contributed by atoms with Crippen molar-refractivity contribution in [2.45, 2.75) is 30.2 Å². The Kier molecular flexibility index (Phi) is 7.12. The van der Waals surface area contributed by atoms with Crippen LogP contribution < -0.4 is 10.1 Å². The third kappa shape index (κ3) is 5.36. The molecule has 1 N–H and O–H groups in total. The van der Waals surface area contributed by atoms with Crippen molar-refractivity contribution in [2.75, 3.05) is 12.4 Å². The lowest BCUT2D eigenvalue weighted by Gasteiger charge is -2.12. The maximum Gasteiger partial charge on any atom is 0.246 e. The highest BCUT2D eigenvalue weighted by molar-refractivity contribution is 7.91. The van der Waals surface area contributed by atoms with Crippen molar-refractivity contribution in [1.82, 2.24) is 14.8 Å². The second-order valence-electron chi connectivity index (χ2n) is 9.07. The Morgan fingerprint density at radius 3 is 2.38 bits per heavy atom. The molecule has 1 amide bonds. The Morgan fingerprint density at radius 2 is 1.69 bits per heavy atom. The summed E-state index contributed by atoms with van der Waals surface area (Å²) >= 11 is 5.91. The quantitative estimate of drug-likeness (QED) is 0.268. The molecule has 0 aliphatic heterocycles. The third-order valence-corrected chi connectivity index (χ3v) is 8.30. The van der Waals surface area contributed by atoms with Crippen molar-refractivity contribution in [3.63, 3.8) is 0 Å². The number of nitrogens with one attached hydrogen (secondary N) is 1. The van der Waals surface area contributed by atoms with Crippen LogP contribution in [0, 0.1) is 13.8 Å². The van der Waals surface area contributed by atoms with E-state index in [9.17, 15) is 13.2 Å². The number of methoxy groups -OCH3 is 1. The first-order valence-corrected chi connectivity index (χ1v) is 13.9. The minimum Gasteiger partial charge on any atom is -0.497 e. The van der Waals surface area contributed by atoms with Gasteiger partial charge in [0.1, 0.15) is 12.3 Å². The van der Waals surface area contributed by atoms with Gasteiger partial charge in [0, 0.05) is 28.4 Å². The molecule has 0 saturated carbocycles. The molecule has 0 atom stereocenters. The van der Waals surface area contributed by atoms with Crippen LogP contribution in [0.3, 0.4) is 0 Å². The van der Waals surface area contributed by atoms with Gasteiger partial charge in [-0.15, -0.1) is 0 Å². The molecular weight excluding hydrogens is 536 g/mol. The molecule has 2 aromatic heterocycles. The fraction of sp³-hybridized carbons (Fsp3) is 0.138. The number of halogens is 1. The minimum absolute atomic E-state index is 0.0238. The zero-order valence-corrected chi connectivity index (χ0v) is 23.0. The number of aromatic nitrogens is 3. The number of nitrogens with zero attached hydrogens (tertiary/aromatic N) is 3. The molecule has 0 spiro atoms. The lowest BCUT2D eigenvalue weighted by molar-refractivity contribution is -0.116. The topological polar surface area (TPSA) is 103 Å². The van der Waals surface area contributed by atoms with E-state index in [1.54, 1.807) is 16.9 Å². The number of sulfone groups is 1. The zero-order valence-electron chi connectivity index (χ0n) is 21.5. The van der Waals surface area contributed by atoms with Crippen LogP contribution in [0.25, 0.3) is 22.2 Å². The van der Waals surface area contributed by atoms with Crippen LogP contribution >= 0.6 is 11.6 Å². The van der Waals surface area contributed by atoms with E-state index in [0.29, 0.717) is 10.7 Å². The number of carbonyl (C=O) groups excluding carboxylic acids is 1. The van der Waals surface area contributed by atoms with E-state index < -0.39 is 15.7 Å². The highest BCUT2D eigenvalue weighted by Gasteiger charge is 2.21. The number of hydrogen-bond donors (Lipinski definition) is 1. The maximum absolute atomic E-state index is 13.2. The summed E-state index contributed by atoms with van der Waals surface area (Å²) in [6.45, 7) is 3.80. The smallest absolute Gasteiger partial charge is 0.246 e. The van der Waals surface area contributed by atoms with Crippen molar-refractivity contribution < 1.29 is 17.9 Å². The number of anilines is 1. The SMILES string of the molecule is COc1cc(NC(=O)Cn2nc(C)c3c(-c4ccc(C)cc4)ccnc32)cc(S(=O)(=O)c2ccc(Cl)cc2)c1. The van der Waals surface area contributed by atoms with Gasteiger partial charge in [-0.05, 0) is 67.4 Å². The van der Waals surface area contributed by atoms with Crippen molar-refractivity contribution >= 4 is 44.1 Å². The number of hydrogen-bond acceptors (Lipinski definition) is 6. The summed E-state index contributed by atoms with van der Waals surface area (Å²) in [5.74, 6) is -0.116. The molecule has 8 nitrogen and oxygen atoms in total. The number of aryl methyl sites for hydroxylation is 2. The van der Waals surface area contributed by atoms with Gasteiger partial charge in [0.2, 0.25) is 15.7 Å². The van der Waals surface area contributed by atoms with Gasteiger partial charge in [-0.2, -0.15) is 5.10 Å². The van der Waals surface area contributed by atoms with Crippen molar-refractivity contribution in [1.29, 1.82) is 0 Å². The van der Waals surface area contributed by atoms with Gasteiger partial charge >= 0.3 is 0 Å². The lowest BCUT2D eigenvalue weighted by atomic mass is 10.0. The number of carbonyl (C=O) groups is 1. The van der Waals surface area contributed by atoms with Crippen molar-refractivity contribution in [3.05, 3.63) is 95.3 Å². The van der Waals surface area contributed by atoms with E-state index in [4.69, 9.17) is 16.3 Å². The Balaban J connectivity index is 1.43. The van der Waals surface area contributed by atoms with E-state index in [-0.39, 0.29) is 27.8 Å². The molecule has 198 valence electrons. The molecule has 0 fully saturated rings. The van der Waals surface area contributed by atoms with Gasteiger partial charge in [-0.3, -0.25) is 4.79 Å². The molecule has 5 aromatic rings. The molecule has 10 heteroatoms. The van der Waals surface area contributed by atoms with Crippen LogP contribution in [0.2, 0.25) is 5.02 Å². The molecule has 0 aliphatic rings. The largest absolute Gasteiger partial charge is 0.497 e. The molecule has 2 heterocycles. The van der Waals surface area contributed by atoms with Crippen LogP contribution in [-0.4, -0.2) is 36.2 Å². The number of rotatable bonds is 7. The summed E-state index contributed by atoms with van der Waals surface area (Å²) in [7, 11) is -2.46. The number of fused-ring (bicyclic) bond motifs is 1. The van der Waals surface area contributed by atoms with Crippen LogP contribution in [0.4, 0.5) is 5.69 Å². The maximum atomic E-state index is 13.2. The van der Waals surface area contributed by atoms with Gasteiger partial charge in [0.05, 0.1) is 22.6 Å². The van der Waals surface area contributed by atoms with Gasteiger partial charge < -0.3 is 10.1 Å². The number of benzene rings is 3. The van der Waals surface area contributed by atoms with E-state index in [0.717, 1.165) is 27.8 Å². The highest BCUT2D eigenvalue weighted by atomic mass is 35.5. The molecule has 5 rings (SSSR count). The first kappa shape index (κ1) is 26.4. The molecule has 0 bridgehead atoms. The average molecular weight is 561 g/mol. The predicted octanol–water partition coefficient (Wildman–Crippen LogP) is 5.85. The van der Waals surface area contributed by atoms with Crippen LogP contribution in [0.5, 0.6) is 5.75 Å². The minimum atomic E-state index is -3.88. The van der Waals surface area contributed by atoms with Gasteiger partial charge in [-0.1, -0.05) is 41.4 Å². The van der Waals surface area contributed by atoms with E-state index in [2.05, 4.69) is 15.4 Å². The first-order chi connectivity index (χ1) is 18.7. The van der Waals surface area contributed by atoms with Crippen LogP contribution in [0.15, 0.2) is 88.8 Å². The second kappa shape index (κ2) is 10.5. The molecule has 0 radical (unpaired) electrons. The monoisotopic (exact) mass is 560 g/mol. The third-order valence-electron chi connectivity index (χ3n) is 6.30. The number of pyridine rings is 1. The fourth-order valence-electron chi connectivity index (χ4n) is 4.37. The Labute approximate surface area is 231 Å². The van der Waals surface area contributed by atoms with Gasteiger partial charge in [0.15, 0.2) is 5.65 Å². The predicted molar refractivity (Wildman–Crippen MR) is 151 cm³/mol. The highest BCUT2D eigenvalue weighted by Crippen LogP contribution is 2.31. The Hall–Kier alpha value is -4.21. The lowest BCUT2D eigenvalue weighted by Crippen LogP contribution is -2.20. The fourth-order valence-corrected chi connectivity index (χ4v) is 5.81. The average Bonchev–Trinajstić information content (AvgIpc) is 3.24. The first-order valence-electron chi connectivity index (χ1n) is 12.0. The molecule has 0 aliphatic carbocycles. The van der Waals surface area contributed by atoms with Crippen molar-refractivity contribution in [2.24, 2.45) is 0 Å². The summed E-state index contributed by atoms with van der Waals surface area (Å²) in [5, 5.41) is 8.64. The normalized spacial score (nSPS) is 11.5. The molecule has 39 heavy (non-hydrogen) atoms. The van der Waals surface area contributed by atoms with Crippen LogP contribution in [0.1, 0.15) is 11.3 Å². The van der Waals surface area contributed by atoms with Gasteiger partial charge in [-0.25, -0.2) is 18.1 Å². The Bertz CT molecular complexity index is 1800.